The molecule has 0 saturated carbocycles. The van der Waals surface area contributed by atoms with Crippen molar-refractivity contribution in [2.45, 2.75) is 38.6 Å². The summed E-state index contributed by atoms with van der Waals surface area (Å²) < 4.78 is 11.4. The molecule has 7 nitrogen and oxygen atoms in total. The summed E-state index contributed by atoms with van der Waals surface area (Å²) in [5.41, 5.74) is 3.16. The summed E-state index contributed by atoms with van der Waals surface area (Å²) in [4.78, 5) is 18.1. The molecule has 8 heteroatoms. The Morgan fingerprint density at radius 1 is 1.06 bits per heavy atom. The molecule has 0 aliphatic carbocycles. The van der Waals surface area contributed by atoms with Gasteiger partial charge in [-0.3, -0.25) is 9.79 Å². The molecule has 4 rings (SSSR count). The first kappa shape index (κ1) is 25.1. The minimum atomic E-state index is -0.128. The highest BCUT2D eigenvalue weighted by atomic mass is 127. The number of nitrogens with zero attached hydrogens (tertiary/aromatic N) is 2. The first-order valence-corrected chi connectivity index (χ1v) is 11.2. The Balaban J connectivity index is 0.00000306. The molecule has 0 unspecified atom stereocenters. The maximum absolute atomic E-state index is 11.9. The smallest absolute Gasteiger partial charge is 0.227 e. The SMILES string of the molecule is CN=C(NCc1ccc(N2CCCC2=O)cc1)NCC(C)(C)c1ccc2c(c1)OCCO2.I. The third-order valence-electron chi connectivity index (χ3n) is 6.03. The molecule has 0 spiro atoms. The van der Waals surface area contributed by atoms with Crippen molar-refractivity contribution < 1.29 is 14.3 Å². The van der Waals surface area contributed by atoms with Gasteiger partial charge < -0.3 is 25.0 Å². The van der Waals surface area contributed by atoms with Gasteiger partial charge in [-0.25, -0.2) is 0 Å². The predicted molar refractivity (Wildman–Crippen MR) is 142 cm³/mol. The zero-order valence-electron chi connectivity index (χ0n) is 19.5. The lowest BCUT2D eigenvalue weighted by Gasteiger charge is -2.28. The summed E-state index contributed by atoms with van der Waals surface area (Å²) in [6, 6.07) is 14.3. The second-order valence-electron chi connectivity index (χ2n) is 8.84. The van der Waals surface area contributed by atoms with E-state index in [1.165, 1.54) is 5.56 Å². The van der Waals surface area contributed by atoms with Crippen LogP contribution in [0.4, 0.5) is 5.69 Å². The van der Waals surface area contributed by atoms with Crippen LogP contribution in [0.1, 0.15) is 37.8 Å². The highest BCUT2D eigenvalue weighted by Gasteiger charge is 2.24. The lowest BCUT2D eigenvalue weighted by atomic mass is 9.84. The summed E-state index contributed by atoms with van der Waals surface area (Å²) >= 11 is 0. The number of carbonyl (C=O) groups is 1. The number of nitrogens with one attached hydrogen (secondary N) is 2. The molecule has 1 fully saturated rings. The van der Waals surface area contributed by atoms with Crippen LogP contribution in [0.2, 0.25) is 0 Å². The van der Waals surface area contributed by atoms with Crippen LogP contribution in [-0.4, -0.2) is 45.2 Å². The van der Waals surface area contributed by atoms with Gasteiger partial charge in [-0.05, 0) is 41.8 Å². The van der Waals surface area contributed by atoms with Crippen molar-refractivity contribution in [1.29, 1.82) is 0 Å². The quantitative estimate of drug-likeness (QED) is 0.317. The molecule has 0 radical (unpaired) electrons. The molecule has 2 aliphatic rings. The minimum Gasteiger partial charge on any atom is -0.486 e. The van der Waals surface area contributed by atoms with Crippen molar-refractivity contribution in [2.75, 3.05) is 38.3 Å². The fraction of sp³-hybridized carbons (Fsp3) is 0.440. The number of guanidine groups is 1. The van der Waals surface area contributed by atoms with E-state index in [-0.39, 0.29) is 35.3 Å². The molecule has 2 aromatic rings. The Labute approximate surface area is 213 Å². The Hall–Kier alpha value is -2.49. The van der Waals surface area contributed by atoms with Gasteiger partial charge in [-0.15, -0.1) is 24.0 Å². The van der Waals surface area contributed by atoms with Crippen LogP contribution in [0.5, 0.6) is 11.5 Å². The first-order valence-electron chi connectivity index (χ1n) is 11.2. The van der Waals surface area contributed by atoms with E-state index >= 15 is 0 Å². The Morgan fingerprint density at radius 2 is 1.79 bits per heavy atom. The number of anilines is 1. The van der Waals surface area contributed by atoms with Crippen LogP contribution in [-0.2, 0) is 16.8 Å². The molecule has 2 N–H and O–H groups in total. The monoisotopic (exact) mass is 564 g/mol. The van der Waals surface area contributed by atoms with E-state index in [1.54, 1.807) is 7.05 Å². The summed E-state index contributed by atoms with van der Waals surface area (Å²) in [7, 11) is 1.77. The van der Waals surface area contributed by atoms with E-state index in [2.05, 4.69) is 53.7 Å². The van der Waals surface area contributed by atoms with Crippen molar-refractivity contribution >= 4 is 41.5 Å². The van der Waals surface area contributed by atoms with Crippen LogP contribution < -0.4 is 25.0 Å². The molecule has 178 valence electrons. The summed E-state index contributed by atoms with van der Waals surface area (Å²) in [5, 5.41) is 6.81. The number of hydrogen-bond donors (Lipinski definition) is 2. The van der Waals surface area contributed by atoms with E-state index in [0.717, 1.165) is 41.7 Å². The van der Waals surface area contributed by atoms with Gasteiger partial charge in [0.25, 0.3) is 0 Å². The van der Waals surface area contributed by atoms with Crippen molar-refractivity contribution in [3.05, 3.63) is 53.6 Å². The van der Waals surface area contributed by atoms with Crippen molar-refractivity contribution in [3.8, 4) is 11.5 Å². The molecule has 1 saturated heterocycles. The number of benzene rings is 2. The van der Waals surface area contributed by atoms with Gasteiger partial charge in [0.2, 0.25) is 5.91 Å². The number of ether oxygens (including phenoxy) is 2. The maximum atomic E-state index is 11.9. The van der Waals surface area contributed by atoms with Crippen LogP contribution in [0.25, 0.3) is 0 Å². The van der Waals surface area contributed by atoms with Gasteiger partial charge in [0.05, 0.1) is 0 Å². The average molecular weight is 564 g/mol. The van der Waals surface area contributed by atoms with Crippen LogP contribution in [0, 0.1) is 0 Å². The summed E-state index contributed by atoms with van der Waals surface area (Å²) in [6.45, 7) is 7.74. The van der Waals surface area contributed by atoms with E-state index in [1.807, 2.05) is 23.1 Å². The molecule has 2 aromatic carbocycles. The van der Waals surface area contributed by atoms with E-state index in [4.69, 9.17) is 9.47 Å². The molecular weight excluding hydrogens is 531 g/mol. The second kappa shape index (κ2) is 11.1. The maximum Gasteiger partial charge on any atom is 0.227 e. The first-order chi connectivity index (χ1) is 15.5. The lowest BCUT2D eigenvalue weighted by molar-refractivity contribution is -0.117. The number of hydrogen-bond acceptors (Lipinski definition) is 4. The molecule has 2 heterocycles. The third kappa shape index (κ3) is 6.10. The van der Waals surface area contributed by atoms with Gasteiger partial charge in [0.1, 0.15) is 13.2 Å². The van der Waals surface area contributed by atoms with Gasteiger partial charge in [-0.2, -0.15) is 0 Å². The Kier molecular flexibility index (Phi) is 8.45. The Morgan fingerprint density at radius 3 is 2.45 bits per heavy atom. The number of amides is 1. The minimum absolute atomic E-state index is 0. The molecule has 33 heavy (non-hydrogen) atoms. The molecular formula is C25H33IN4O3. The van der Waals surface area contributed by atoms with Crippen LogP contribution in [0.15, 0.2) is 47.5 Å². The molecule has 2 aliphatic heterocycles. The number of rotatable bonds is 6. The predicted octanol–water partition coefficient (Wildman–Crippen LogP) is 3.85. The molecule has 0 atom stereocenters. The number of aliphatic imine (C=N–C) groups is 1. The highest BCUT2D eigenvalue weighted by Crippen LogP contribution is 2.34. The van der Waals surface area contributed by atoms with E-state index in [9.17, 15) is 4.79 Å². The zero-order chi connectivity index (χ0) is 22.6. The normalized spacial score (nSPS) is 15.8. The van der Waals surface area contributed by atoms with Crippen LogP contribution in [0.3, 0.4) is 0 Å². The Bertz CT molecular complexity index is 992. The van der Waals surface area contributed by atoms with Crippen molar-refractivity contribution in [1.82, 2.24) is 10.6 Å². The molecule has 0 aromatic heterocycles. The van der Waals surface area contributed by atoms with E-state index in [0.29, 0.717) is 32.7 Å². The van der Waals surface area contributed by atoms with E-state index < -0.39 is 0 Å². The standard InChI is InChI=1S/C25H32N4O3.HI/c1-25(2,19-8-11-21-22(15-19)32-14-13-31-21)17-28-24(26-3)27-16-18-6-9-20(10-7-18)29-12-4-5-23(29)30;/h6-11,15H,4-5,12-14,16-17H2,1-3H3,(H2,26,27,28);1H. The average Bonchev–Trinajstić information content (AvgIpc) is 3.25. The third-order valence-corrected chi connectivity index (χ3v) is 6.03. The second-order valence-corrected chi connectivity index (χ2v) is 8.84. The molecule has 0 bridgehead atoms. The number of carbonyl (C=O) groups excluding carboxylic acids is 1. The number of halogens is 1. The van der Waals surface area contributed by atoms with Crippen molar-refractivity contribution in [3.63, 3.8) is 0 Å². The fourth-order valence-electron chi connectivity index (χ4n) is 3.99. The highest BCUT2D eigenvalue weighted by molar-refractivity contribution is 14.0. The zero-order valence-corrected chi connectivity index (χ0v) is 21.8. The molecule has 1 amide bonds. The fourth-order valence-corrected chi connectivity index (χ4v) is 3.99. The van der Waals surface area contributed by atoms with Gasteiger partial charge in [0, 0.05) is 44.2 Å². The number of fused-ring (bicyclic) bond motifs is 1. The topological polar surface area (TPSA) is 75.2 Å². The van der Waals surface area contributed by atoms with Gasteiger partial charge in [0.15, 0.2) is 17.5 Å². The van der Waals surface area contributed by atoms with Gasteiger partial charge in [-0.1, -0.05) is 32.0 Å². The largest absolute Gasteiger partial charge is 0.486 e. The van der Waals surface area contributed by atoms with Crippen LogP contribution >= 0.6 is 24.0 Å². The summed E-state index contributed by atoms with van der Waals surface area (Å²) in [6.07, 6.45) is 1.58. The lowest BCUT2D eigenvalue weighted by Crippen LogP contribution is -2.43. The summed E-state index contributed by atoms with van der Waals surface area (Å²) in [5.74, 6) is 2.57. The van der Waals surface area contributed by atoms with Crippen molar-refractivity contribution in [2.24, 2.45) is 4.99 Å². The van der Waals surface area contributed by atoms with Gasteiger partial charge >= 0.3 is 0 Å².